The number of carbonyl (C=O) groups excluding carboxylic acids is 8. The van der Waals surface area contributed by atoms with Gasteiger partial charge in [0, 0.05) is 12.8 Å². The van der Waals surface area contributed by atoms with Gasteiger partial charge in [0.25, 0.3) is 0 Å². The second kappa shape index (κ2) is 22.4. The SMILES string of the molecule is CC(C)[C@@H]1NC(=O)[C@H](Cc2ccccc2)NC(=O)[C@H](CC(=O)O)NC(=O)[C@H](Cc2ccccc2)NC(=O)[C@H](CO)NC(=O)[C@H]([C@@H](C)O)NC(=O)CNC(=O)CNC1=O. The molecule has 1 fully saturated rings. The highest BCUT2D eigenvalue weighted by molar-refractivity contribution is 5.99. The molecule has 1 aliphatic heterocycles. The smallest absolute Gasteiger partial charge is 0.305 e. The molecule has 0 aromatic heterocycles. The number of aliphatic hydroxyl groups is 2. The first kappa shape index (κ1) is 46.0. The van der Waals surface area contributed by atoms with Crippen LogP contribution in [0.15, 0.2) is 60.7 Å². The van der Waals surface area contributed by atoms with Crippen LogP contribution < -0.4 is 42.5 Å². The first-order valence-corrected chi connectivity index (χ1v) is 18.4. The first-order chi connectivity index (χ1) is 27.5. The zero-order valence-electron chi connectivity index (χ0n) is 32.2. The summed E-state index contributed by atoms with van der Waals surface area (Å²) in [7, 11) is 0. The van der Waals surface area contributed by atoms with Crippen LogP contribution in [-0.2, 0) is 56.0 Å². The number of carboxylic acid groups (broad SMARTS) is 1. The fourth-order valence-electron chi connectivity index (χ4n) is 5.71. The molecular formula is C38H50N8O12. The van der Waals surface area contributed by atoms with Gasteiger partial charge in [-0.2, -0.15) is 0 Å². The van der Waals surface area contributed by atoms with Crippen molar-refractivity contribution in [2.45, 2.75) is 82.4 Å². The molecule has 314 valence electrons. The Balaban J connectivity index is 2.06. The Morgan fingerprint density at radius 1 is 0.569 bits per heavy atom. The molecule has 1 aliphatic rings. The Kier molecular flexibility index (Phi) is 17.7. The van der Waals surface area contributed by atoms with Crippen LogP contribution in [0.1, 0.15) is 38.3 Å². The van der Waals surface area contributed by atoms with E-state index < -0.39 is 128 Å². The lowest BCUT2D eigenvalue weighted by molar-refractivity contribution is -0.141. The summed E-state index contributed by atoms with van der Waals surface area (Å²) >= 11 is 0. The molecule has 0 spiro atoms. The minimum Gasteiger partial charge on any atom is -0.481 e. The highest BCUT2D eigenvalue weighted by atomic mass is 16.4. The van der Waals surface area contributed by atoms with Crippen molar-refractivity contribution in [1.29, 1.82) is 0 Å². The first-order valence-electron chi connectivity index (χ1n) is 18.4. The number of rotatable bonds is 9. The van der Waals surface area contributed by atoms with Crippen molar-refractivity contribution < 1.29 is 58.5 Å². The van der Waals surface area contributed by atoms with Crippen molar-refractivity contribution in [2.75, 3.05) is 19.7 Å². The van der Waals surface area contributed by atoms with Gasteiger partial charge in [0.15, 0.2) is 0 Å². The number of carbonyl (C=O) groups is 9. The van der Waals surface area contributed by atoms with E-state index in [1.807, 2.05) is 0 Å². The predicted molar refractivity (Wildman–Crippen MR) is 204 cm³/mol. The summed E-state index contributed by atoms with van der Waals surface area (Å²) in [5, 5.41) is 48.9. The monoisotopic (exact) mass is 810 g/mol. The largest absolute Gasteiger partial charge is 0.481 e. The van der Waals surface area contributed by atoms with E-state index in [2.05, 4.69) is 42.5 Å². The molecule has 0 radical (unpaired) electrons. The van der Waals surface area contributed by atoms with Crippen LogP contribution in [0.5, 0.6) is 0 Å². The highest BCUT2D eigenvalue weighted by Crippen LogP contribution is 2.10. The number of amides is 8. The lowest BCUT2D eigenvalue weighted by atomic mass is 10.0. The molecule has 1 heterocycles. The quantitative estimate of drug-likeness (QED) is 0.116. The van der Waals surface area contributed by atoms with Gasteiger partial charge in [-0.1, -0.05) is 74.5 Å². The molecule has 0 aliphatic carbocycles. The topological polar surface area (TPSA) is 311 Å². The summed E-state index contributed by atoms with van der Waals surface area (Å²) in [6, 6.07) is 7.14. The maximum atomic E-state index is 13.9. The zero-order chi connectivity index (χ0) is 42.9. The van der Waals surface area contributed by atoms with Gasteiger partial charge in [-0.05, 0) is 24.0 Å². The molecule has 0 unspecified atom stereocenters. The third-order valence-corrected chi connectivity index (χ3v) is 8.86. The fraction of sp³-hybridized carbons (Fsp3) is 0.447. The summed E-state index contributed by atoms with van der Waals surface area (Å²) < 4.78 is 0. The third kappa shape index (κ3) is 14.6. The number of aliphatic carboxylic acids is 1. The molecule has 1 saturated heterocycles. The number of carboxylic acids is 1. The van der Waals surface area contributed by atoms with Gasteiger partial charge in [0.05, 0.1) is 32.2 Å². The Morgan fingerprint density at radius 2 is 1.02 bits per heavy atom. The Labute approximate surface area is 333 Å². The number of aliphatic hydroxyl groups excluding tert-OH is 2. The molecule has 20 nitrogen and oxygen atoms in total. The average Bonchev–Trinajstić information content (AvgIpc) is 3.18. The van der Waals surface area contributed by atoms with Crippen LogP contribution in [0, 0.1) is 5.92 Å². The molecule has 11 N–H and O–H groups in total. The van der Waals surface area contributed by atoms with Crippen molar-refractivity contribution >= 4 is 53.2 Å². The highest BCUT2D eigenvalue weighted by Gasteiger charge is 2.35. The fourth-order valence-corrected chi connectivity index (χ4v) is 5.71. The average molecular weight is 811 g/mol. The number of benzene rings is 2. The Hall–Kier alpha value is -6.41. The van der Waals surface area contributed by atoms with E-state index in [1.54, 1.807) is 74.5 Å². The van der Waals surface area contributed by atoms with Crippen molar-refractivity contribution in [3.63, 3.8) is 0 Å². The van der Waals surface area contributed by atoms with Gasteiger partial charge in [-0.3, -0.25) is 43.2 Å². The van der Waals surface area contributed by atoms with Crippen molar-refractivity contribution in [3.05, 3.63) is 71.8 Å². The van der Waals surface area contributed by atoms with Gasteiger partial charge in [-0.25, -0.2) is 0 Å². The molecule has 2 aromatic carbocycles. The van der Waals surface area contributed by atoms with Crippen molar-refractivity contribution in [1.82, 2.24) is 42.5 Å². The van der Waals surface area contributed by atoms with E-state index in [1.165, 1.54) is 0 Å². The summed E-state index contributed by atoms with van der Waals surface area (Å²) in [6.07, 6.45) is -2.88. The lowest BCUT2D eigenvalue weighted by Gasteiger charge is -2.28. The Morgan fingerprint density at radius 3 is 1.50 bits per heavy atom. The minimum absolute atomic E-state index is 0.139. The molecule has 0 bridgehead atoms. The van der Waals surface area contributed by atoms with E-state index in [0.717, 1.165) is 6.92 Å². The van der Waals surface area contributed by atoms with Crippen molar-refractivity contribution in [2.24, 2.45) is 5.92 Å². The molecule has 0 saturated carbocycles. The molecular weight excluding hydrogens is 760 g/mol. The van der Waals surface area contributed by atoms with Crippen LogP contribution in [0.25, 0.3) is 0 Å². The van der Waals surface area contributed by atoms with Gasteiger partial charge < -0.3 is 57.9 Å². The molecule has 20 heteroatoms. The summed E-state index contributed by atoms with van der Waals surface area (Å²) in [6.45, 7) is 1.99. The molecule has 3 rings (SSSR count). The standard InChI is InChI=1S/C38H50N8O12/c1-20(2)31-37(57)40-17-28(49)39-18-29(50)45-32(21(3)48)38(58)44-27(19-47)36(56)42-24(14-22-10-6-4-7-11-22)33(53)43-26(16-30(51)52)34(54)41-25(35(55)46-31)15-23-12-8-5-9-13-23/h4-13,20-21,24-27,31-32,47-48H,14-19H2,1-3H3,(H,39,49)(H,40,57)(H,41,54)(H,42,56)(H,43,53)(H,44,58)(H,45,50)(H,46,55)(H,51,52)/t21-,24+,25+,26+,27+,31+,32+/m1/s1. The number of hydrogen-bond acceptors (Lipinski definition) is 11. The van der Waals surface area contributed by atoms with Crippen LogP contribution in [0.3, 0.4) is 0 Å². The van der Waals surface area contributed by atoms with Crippen LogP contribution in [-0.4, -0.2) is 131 Å². The summed E-state index contributed by atoms with van der Waals surface area (Å²) in [5.41, 5.74) is 1.07. The normalized spacial score (nSPS) is 24.3. The lowest BCUT2D eigenvalue weighted by Crippen LogP contribution is -2.62. The Bertz CT molecular complexity index is 1790. The third-order valence-electron chi connectivity index (χ3n) is 8.86. The van der Waals surface area contributed by atoms with E-state index in [-0.39, 0.29) is 12.8 Å². The van der Waals surface area contributed by atoms with Gasteiger partial charge in [0.2, 0.25) is 47.3 Å². The van der Waals surface area contributed by atoms with Crippen molar-refractivity contribution in [3.8, 4) is 0 Å². The van der Waals surface area contributed by atoms with Crippen LogP contribution in [0.2, 0.25) is 0 Å². The van der Waals surface area contributed by atoms with Crippen LogP contribution in [0.4, 0.5) is 0 Å². The molecule has 58 heavy (non-hydrogen) atoms. The maximum Gasteiger partial charge on any atom is 0.305 e. The van der Waals surface area contributed by atoms with Gasteiger partial charge in [0.1, 0.15) is 36.3 Å². The van der Waals surface area contributed by atoms with E-state index >= 15 is 0 Å². The minimum atomic E-state index is -1.82. The number of nitrogens with one attached hydrogen (secondary N) is 8. The van der Waals surface area contributed by atoms with Crippen LogP contribution >= 0.6 is 0 Å². The van der Waals surface area contributed by atoms with E-state index in [0.29, 0.717) is 11.1 Å². The maximum absolute atomic E-state index is 13.9. The predicted octanol–water partition coefficient (Wildman–Crippen LogP) is -3.87. The molecule has 7 atom stereocenters. The summed E-state index contributed by atoms with van der Waals surface area (Å²) in [5.74, 6) is -9.89. The van der Waals surface area contributed by atoms with E-state index in [4.69, 9.17) is 0 Å². The zero-order valence-corrected chi connectivity index (χ0v) is 32.2. The number of hydrogen-bond donors (Lipinski definition) is 11. The second-order valence-corrected chi connectivity index (χ2v) is 13.9. The van der Waals surface area contributed by atoms with E-state index in [9.17, 15) is 58.5 Å². The molecule has 8 amide bonds. The second-order valence-electron chi connectivity index (χ2n) is 13.9. The molecule has 2 aromatic rings. The summed E-state index contributed by atoms with van der Waals surface area (Å²) in [4.78, 5) is 119. The van der Waals surface area contributed by atoms with Gasteiger partial charge >= 0.3 is 5.97 Å². The van der Waals surface area contributed by atoms with Gasteiger partial charge in [-0.15, -0.1) is 0 Å².